The molecule has 0 saturated heterocycles. The minimum Gasteiger partial charge on any atom is -0.338 e. The monoisotopic (exact) mass is 403 g/mol. The number of carbonyl (C=O) groups is 2. The highest BCUT2D eigenvalue weighted by Gasteiger charge is 2.24. The van der Waals surface area contributed by atoms with Crippen LogP contribution in [-0.2, 0) is 6.42 Å². The maximum atomic E-state index is 12.8. The van der Waals surface area contributed by atoms with Gasteiger partial charge in [0.05, 0.1) is 11.3 Å². The molecule has 2 N–H and O–H groups in total. The van der Waals surface area contributed by atoms with Crippen LogP contribution in [0.2, 0.25) is 0 Å². The van der Waals surface area contributed by atoms with E-state index in [1.54, 1.807) is 23.7 Å². The summed E-state index contributed by atoms with van der Waals surface area (Å²) in [7, 11) is 1.76. The van der Waals surface area contributed by atoms with Crippen LogP contribution in [0.3, 0.4) is 0 Å². The molecule has 0 unspecified atom stereocenters. The molecule has 0 spiro atoms. The molecule has 0 saturated carbocycles. The second kappa shape index (κ2) is 8.41. The lowest BCUT2D eigenvalue weighted by Gasteiger charge is -2.18. The number of anilines is 2. The molecular weight excluding hydrogens is 382 g/mol. The molecule has 1 aliphatic heterocycles. The molecule has 1 heterocycles. The summed E-state index contributed by atoms with van der Waals surface area (Å²) in [6.45, 7) is 0.546. The van der Waals surface area contributed by atoms with Gasteiger partial charge in [-0.1, -0.05) is 54.2 Å². The van der Waals surface area contributed by atoms with Crippen LogP contribution in [0.4, 0.5) is 16.2 Å². The predicted molar refractivity (Wildman–Crippen MR) is 117 cm³/mol. The molecule has 146 valence electrons. The van der Waals surface area contributed by atoms with E-state index in [-0.39, 0.29) is 11.9 Å². The van der Waals surface area contributed by atoms with Gasteiger partial charge in [-0.05, 0) is 42.3 Å². The van der Waals surface area contributed by atoms with Crippen LogP contribution < -0.4 is 15.5 Å². The fourth-order valence-corrected chi connectivity index (χ4v) is 4.31. The van der Waals surface area contributed by atoms with Gasteiger partial charge in [-0.25, -0.2) is 4.79 Å². The zero-order valence-electron chi connectivity index (χ0n) is 16.0. The van der Waals surface area contributed by atoms with Gasteiger partial charge in [0.1, 0.15) is 0 Å². The highest BCUT2D eigenvalue weighted by atomic mass is 32.2. The lowest BCUT2D eigenvalue weighted by atomic mass is 10.1. The Balaban J connectivity index is 1.44. The zero-order valence-corrected chi connectivity index (χ0v) is 16.8. The summed E-state index contributed by atoms with van der Waals surface area (Å²) < 4.78 is 0. The fourth-order valence-electron chi connectivity index (χ4n) is 3.22. The zero-order chi connectivity index (χ0) is 20.2. The first-order valence-electron chi connectivity index (χ1n) is 9.39. The molecule has 1 aliphatic rings. The van der Waals surface area contributed by atoms with Crippen molar-refractivity contribution in [1.29, 1.82) is 0 Å². The van der Waals surface area contributed by atoms with E-state index in [4.69, 9.17) is 0 Å². The van der Waals surface area contributed by atoms with Crippen LogP contribution in [0.1, 0.15) is 15.9 Å². The number of nitrogens with zero attached hydrogens (tertiary/aromatic N) is 1. The lowest BCUT2D eigenvalue weighted by Crippen LogP contribution is -2.30. The van der Waals surface area contributed by atoms with Gasteiger partial charge >= 0.3 is 6.03 Å². The molecule has 3 amide bonds. The van der Waals surface area contributed by atoms with Gasteiger partial charge in [0.15, 0.2) is 0 Å². The number of urea groups is 1. The van der Waals surface area contributed by atoms with E-state index in [1.165, 1.54) is 5.56 Å². The maximum Gasteiger partial charge on any atom is 0.319 e. The van der Waals surface area contributed by atoms with Crippen LogP contribution in [-0.4, -0.2) is 25.5 Å². The Morgan fingerprint density at radius 3 is 2.55 bits per heavy atom. The third-order valence-corrected chi connectivity index (χ3v) is 5.90. The number of amides is 3. The summed E-state index contributed by atoms with van der Waals surface area (Å²) >= 11 is 1.56. The predicted octanol–water partition coefficient (Wildman–Crippen LogP) is 4.79. The number of hydrogen-bond acceptors (Lipinski definition) is 3. The van der Waals surface area contributed by atoms with Crippen LogP contribution in [0.15, 0.2) is 82.6 Å². The molecule has 5 nitrogen and oxygen atoms in total. The van der Waals surface area contributed by atoms with Gasteiger partial charge in [-0.15, -0.1) is 0 Å². The third-order valence-electron chi connectivity index (χ3n) is 4.76. The average Bonchev–Trinajstić information content (AvgIpc) is 2.84. The molecule has 0 bridgehead atoms. The number of fused-ring (bicyclic) bond motifs is 2. The van der Waals surface area contributed by atoms with Gasteiger partial charge in [0.25, 0.3) is 5.91 Å². The summed E-state index contributed by atoms with van der Waals surface area (Å²) in [4.78, 5) is 28.6. The lowest BCUT2D eigenvalue weighted by molar-refractivity contribution is 0.0990. The Bertz CT molecular complexity index is 1050. The summed E-state index contributed by atoms with van der Waals surface area (Å²) in [5.41, 5.74) is 3.28. The Hall–Kier alpha value is -3.25. The van der Waals surface area contributed by atoms with E-state index < -0.39 is 0 Å². The topological polar surface area (TPSA) is 61.4 Å². The minimum absolute atomic E-state index is 0.0590. The molecule has 29 heavy (non-hydrogen) atoms. The molecule has 3 aromatic rings. The summed E-state index contributed by atoms with van der Waals surface area (Å²) in [5.74, 6) is -0.0590. The average molecular weight is 404 g/mol. The van der Waals surface area contributed by atoms with E-state index in [1.807, 2.05) is 72.8 Å². The SMILES string of the molecule is CN1C(=O)c2ccccc2Sc2ccc(NC(=O)NCCc3ccccc3)cc21. The summed E-state index contributed by atoms with van der Waals surface area (Å²) in [6, 6.07) is 23.0. The van der Waals surface area contributed by atoms with Gasteiger partial charge in [-0.3, -0.25) is 4.79 Å². The Morgan fingerprint density at radius 1 is 0.966 bits per heavy atom. The number of hydrogen-bond donors (Lipinski definition) is 2. The molecule has 0 radical (unpaired) electrons. The normalized spacial score (nSPS) is 12.6. The van der Waals surface area contributed by atoms with E-state index in [0.717, 1.165) is 21.9 Å². The third kappa shape index (κ3) is 4.27. The van der Waals surface area contributed by atoms with Gasteiger partial charge < -0.3 is 15.5 Å². The van der Waals surface area contributed by atoms with Crippen LogP contribution >= 0.6 is 11.8 Å². The maximum absolute atomic E-state index is 12.8. The Morgan fingerprint density at radius 2 is 1.72 bits per heavy atom. The van der Waals surface area contributed by atoms with Gasteiger partial charge in [0.2, 0.25) is 0 Å². The van der Waals surface area contributed by atoms with E-state index in [2.05, 4.69) is 10.6 Å². The fraction of sp³-hybridized carbons (Fsp3) is 0.130. The summed E-state index contributed by atoms with van der Waals surface area (Å²) in [5, 5.41) is 5.73. The molecule has 0 fully saturated rings. The molecule has 0 atom stereocenters. The van der Waals surface area contributed by atoms with E-state index >= 15 is 0 Å². The van der Waals surface area contributed by atoms with Crippen molar-refractivity contribution in [1.82, 2.24) is 5.32 Å². The first kappa shape index (κ1) is 19.1. The highest BCUT2D eigenvalue weighted by molar-refractivity contribution is 7.99. The van der Waals surface area contributed by atoms with Crippen LogP contribution in [0.5, 0.6) is 0 Å². The van der Waals surface area contributed by atoms with Crippen molar-refractivity contribution in [3.63, 3.8) is 0 Å². The first-order chi connectivity index (χ1) is 14.1. The van der Waals surface area contributed by atoms with Crippen LogP contribution in [0, 0.1) is 0 Å². The van der Waals surface area contributed by atoms with Crippen molar-refractivity contribution in [2.24, 2.45) is 0 Å². The first-order valence-corrected chi connectivity index (χ1v) is 10.2. The quantitative estimate of drug-likeness (QED) is 0.658. The van der Waals surface area contributed by atoms with E-state index in [9.17, 15) is 9.59 Å². The molecule has 6 heteroatoms. The van der Waals surface area contributed by atoms with Crippen molar-refractivity contribution in [3.8, 4) is 0 Å². The van der Waals surface area contributed by atoms with Crippen molar-refractivity contribution in [2.45, 2.75) is 16.2 Å². The van der Waals surface area contributed by atoms with Crippen molar-refractivity contribution in [2.75, 3.05) is 23.8 Å². The van der Waals surface area contributed by atoms with Gasteiger partial charge in [0, 0.05) is 29.1 Å². The van der Waals surface area contributed by atoms with Crippen molar-refractivity contribution < 1.29 is 9.59 Å². The Kier molecular flexibility index (Phi) is 5.53. The number of nitrogens with one attached hydrogen (secondary N) is 2. The highest BCUT2D eigenvalue weighted by Crippen LogP contribution is 2.41. The molecular formula is C23H21N3O2S. The second-order valence-electron chi connectivity index (χ2n) is 6.76. The summed E-state index contributed by atoms with van der Waals surface area (Å²) in [6.07, 6.45) is 0.768. The number of rotatable bonds is 4. The van der Waals surface area contributed by atoms with E-state index in [0.29, 0.717) is 17.8 Å². The Labute approximate surface area is 174 Å². The number of benzene rings is 3. The molecule has 3 aromatic carbocycles. The second-order valence-corrected chi connectivity index (χ2v) is 7.85. The van der Waals surface area contributed by atoms with Crippen molar-refractivity contribution >= 4 is 35.1 Å². The molecule has 4 rings (SSSR count). The smallest absolute Gasteiger partial charge is 0.319 e. The molecule has 0 aromatic heterocycles. The minimum atomic E-state index is -0.264. The molecule has 0 aliphatic carbocycles. The number of carbonyl (C=O) groups excluding carboxylic acids is 2. The van der Waals surface area contributed by atoms with Crippen molar-refractivity contribution in [3.05, 3.63) is 83.9 Å². The van der Waals surface area contributed by atoms with Gasteiger partial charge in [-0.2, -0.15) is 0 Å². The van der Waals surface area contributed by atoms with Crippen LogP contribution in [0.25, 0.3) is 0 Å². The largest absolute Gasteiger partial charge is 0.338 e. The standard InChI is InChI=1S/C23H21N3O2S/c1-26-19-15-17(25-23(28)24-14-13-16-7-3-2-4-8-16)11-12-21(19)29-20-10-6-5-9-18(20)22(26)27/h2-12,15H,13-14H2,1H3,(H2,24,25,28).